The summed E-state index contributed by atoms with van der Waals surface area (Å²) in [5, 5.41) is 16.3. The minimum atomic E-state index is -0.667. The number of benzene rings is 3. The summed E-state index contributed by atoms with van der Waals surface area (Å²) in [7, 11) is 0. The van der Waals surface area contributed by atoms with Crippen molar-refractivity contribution in [1.29, 1.82) is 0 Å². The number of amides is 2. The third kappa shape index (κ3) is 6.93. The first kappa shape index (κ1) is 23.0. The summed E-state index contributed by atoms with van der Waals surface area (Å²) in [5.74, 6) is -1.99. The van der Waals surface area contributed by atoms with Gasteiger partial charge in [0.1, 0.15) is 17.3 Å². The number of hydrogen-bond acceptors (Lipinski definition) is 4. The molecule has 0 saturated heterocycles. The molecule has 9 heteroatoms. The third-order valence-corrected chi connectivity index (χ3v) is 4.31. The quantitative estimate of drug-likeness (QED) is 0.295. The van der Waals surface area contributed by atoms with E-state index in [9.17, 15) is 28.5 Å². The van der Waals surface area contributed by atoms with Crippen molar-refractivity contribution < 1.29 is 23.3 Å². The molecule has 0 atom stereocenters. The van der Waals surface area contributed by atoms with Gasteiger partial charge in [-0.05, 0) is 59.7 Å². The SMILES string of the molecule is O=C(/C=C\c1ccc(F)cc1)Nc1ccc([N+](=O)[O-])c(NC(=O)/C=C\c2ccc(F)cc2)c1. The summed E-state index contributed by atoms with van der Waals surface area (Å²) in [6.07, 6.45) is 5.27. The van der Waals surface area contributed by atoms with Crippen LogP contribution in [-0.2, 0) is 9.59 Å². The minimum absolute atomic E-state index is 0.117. The Morgan fingerprint density at radius 2 is 1.24 bits per heavy atom. The molecule has 0 bridgehead atoms. The Morgan fingerprint density at radius 1 is 0.758 bits per heavy atom. The molecule has 0 aliphatic rings. The van der Waals surface area contributed by atoms with Gasteiger partial charge in [-0.25, -0.2) is 8.78 Å². The van der Waals surface area contributed by atoms with Gasteiger partial charge in [-0.15, -0.1) is 0 Å². The molecule has 0 aromatic heterocycles. The average molecular weight is 449 g/mol. The second kappa shape index (κ2) is 10.6. The second-order valence-electron chi connectivity index (χ2n) is 6.74. The molecule has 0 spiro atoms. The first-order valence-electron chi connectivity index (χ1n) is 9.58. The van der Waals surface area contributed by atoms with Gasteiger partial charge in [0.15, 0.2) is 0 Å². The number of nitrogens with zero attached hydrogens (tertiary/aromatic N) is 1. The zero-order valence-corrected chi connectivity index (χ0v) is 17.0. The Labute approximate surface area is 187 Å². The van der Waals surface area contributed by atoms with Gasteiger partial charge in [-0.1, -0.05) is 24.3 Å². The number of nitro groups is 1. The van der Waals surface area contributed by atoms with Crippen LogP contribution < -0.4 is 10.6 Å². The summed E-state index contributed by atoms with van der Waals surface area (Å²) in [5.41, 5.74) is 0.908. The highest BCUT2D eigenvalue weighted by Crippen LogP contribution is 2.28. The summed E-state index contributed by atoms with van der Waals surface area (Å²) in [6, 6.07) is 14.7. The van der Waals surface area contributed by atoms with E-state index in [1.54, 1.807) is 0 Å². The zero-order valence-electron chi connectivity index (χ0n) is 17.0. The molecule has 3 rings (SSSR count). The fourth-order valence-electron chi connectivity index (χ4n) is 2.72. The number of halogens is 2. The summed E-state index contributed by atoms with van der Waals surface area (Å²) in [6.45, 7) is 0. The van der Waals surface area contributed by atoms with Gasteiger partial charge in [-0.3, -0.25) is 19.7 Å². The predicted octanol–water partition coefficient (Wildman–Crippen LogP) is 5.18. The molecule has 7 nitrogen and oxygen atoms in total. The molecular formula is C24H17F2N3O4. The standard InChI is InChI=1S/C24H17F2N3O4/c25-18-7-1-16(2-8-18)5-13-23(30)27-20-11-12-22(29(32)33)21(15-20)28-24(31)14-6-17-3-9-19(26)10-4-17/h1-15H,(H,27,30)(H,28,31)/b13-5-,14-6-. The van der Waals surface area contributed by atoms with Crippen LogP contribution in [0.25, 0.3) is 12.2 Å². The van der Waals surface area contributed by atoms with Gasteiger partial charge >= 0.3 is 0 Å². The number of anilines is 2. The molecule has 33 heavy (non-hydrogen) atoms. The maximum absolute atomic E-state index is 13.0. The predicted molar refractivity (Wildman–Crippen MR) is 121 cm³/mol. The Hall–Kier alpha value is -4.66. The summed E-state index contributed by atoms with van der Waals surface area (Å²) in [4.78, 5) is 35.0. The van der Waals surface area contributed by atoms with E-state index >= 15 is 0 Å². The van der Waals surface area contributed by atoms with E-state index in [2.05, 4.69) is 10.6 Å². The average Bonchev–Trinajstić information content (AvgIpc) is 2.78. The van der Waals surface area contributed by atoms with Crippen LogP contribution in [0, 0.1) is 21.7 Å². The van der Waals surface area contributed by atoms with Crippen molar-refractivity contribution >= 4 is 41.0 Å². The van der Waals surface area contributed by atoms with Crippen molar-refractivity contribution in [2.24, 2.45) is 0 Å². The fourth-order valence-corrected chi connectivity index (χ4v) is 2.72. The van der Waals surface area contributed by atoms with E-state index in [0.717, 1.165) is 12.1 Å². The fraction of sp³-hybridized carbons (Fsp3) is 0. The number of rotatable bonds is 7. The van der Waals surface area contributed by atoms with Crippen LogP contribution in [0.2, 0.25) is 0 Å². The number of hydrogen-bond donors (Lipinski definition) is 2. The monoisotopic (exact) mass is 449 g/mol. The first-order chi connectivity index (χ1) is 15.8. The highest BCUT2D eigenvalue weighted by molar-refractivity contribution is 6.05. The Bertz CT molecular complexity index is 1240. The molecule has 0 fully saturated rings. The summed E-state index contributed by atoms with van der Waals surface area (Å²) >= 11 is 0. The van der Waals surface area contributed by atoms with E-state index in [0.29, 0.717) is 11.1 Å². The molecule has 0 unspecified atom stereocenters. The van der Waals surface area contributed by atoms with Crippen molar-refractivity contribution in [3.63, 3.8) is 0 Å². The Morgan fingerprint density at radius 3 is 1.73 bits per heavy atom. The van der Waals surface area contributed by atoms with Gasteiger partial charge in [0, 0.05) is 23.9 Å². The molecule has 3 aromatic rings. The third-order valence-electron chi connectivity index (χ3n) is 4.31. The van der Waals surface area contributed by atoms with E-state index < -0.39 is 28.4 Å². The van der Waals surface area contributed by atoms with Crippen molar-refractivity contribution in [3.05, 3.63) is 112 Å². The maximum atomic E-state index is 13.0. The van der Waals surface area contributed by atoms with E-state index in [-0.39, 0.29) is 17.1 Å². The Kier molecular flexibility index (Phi) is 7.38. The van der Waals surface area contributed by atoms with Gasteiger partial charge in [0.25, 0.3) is 5.69 Å². The lowest BCUT2D eigenvalue weighted by atomic mass is 10.2. The van der Waals surface area contributed by atoms with Crippen LogP contribution in [0.1, 0.15) is 11.1 Å². The number of carbonyl (C=O) groups is 2. The molecule has 0 saturated carbocycles. The lowest BCUT2D eigenvalue weighted by Gasteiger charge is -2.07. The highest BCUT2D eigenvalue weighted by Gasteiger charge is 2.16. The van der Waals surface area contributed by atoms with Gasteiger partial charge in [0.05, 0.1) is 4.92 Å². The van der Waals surface area contributed by atoms with Crippen LogP contribution in [0.4, 0.5) is 25.8 Å². The number of nitro benzene ring substituents is 1. The lowest BCUT2D eigenvalue weighted by Crippen LogP contribution is -2.12. The van der Waals surface area contributed by atoms with Crippen molar-refractivity contribution in [2.75, 3.05) is 10.6 Å². The van der Waals surface area contributed by atoms with E-state index in [1.807, 2.05) is 0 Å². The number of carbonyl (C=O) groups excluding carboxylic acids is 2. The molecule has 0 aliphatic carbocycles. The van der Waals surface area contributed by atoms with Crippen LogP contribution in [0.5, 0.6) is 0 Å². The topological polar surface area (TPSA) is 101 Å². The lowest BCUT2D eigenvalue weighted by molar-refractivity contribution is -0.383. The largest absolute Gasteiger partial charge is 0.322 e. The summed E-state index contributed by atoms with van der Waals surface area (Å²) < 4.78 is 25.9. The molecule has 0 radical (unpaired) electrons. The first-order valence-corrected chi connectivity index (χ1v) is 9.58. The van der Waals surface area contributed by atoms with Crippen LogP contribution in [0.15, 0.2) is 78.9 Å². The smallest absolute Gasteiger partial charge is 0.292 e. The van der Waals surface area contributed by atoms with Gasteiger partial charge in [-0.2, -0.15) is 0 Å². The molecule has 0 aliphatic heterocycles. The molecule has 166 valence electrons. The molecular weight excluding hydrogens is 432 g/mol. The Balaban J connectivity index is 1.71. The van der Waals surface area contributed by atoms with Gasteiger partial charge < -0.3 is 10.6 Å². The second-order valence-corrected chi connectivity index (χ2v) is 6.74. The van der Waals surface area contributed by atoms with Crippen molar-refractivity contribution in [1.82, 2.24) is 0 Å². The minimum Gasteiger partial charge on any atom is -0.322 e. The molecule has 2 amide bonds. The van der Waals surface area contributed by atoms with Crippen molar-refractivity contribution in [2.45, 2.75) is 0 Å². The normalized spacial score (nSPS) is 11.0. The molecule has 2 N–H and O–H groups in total. The van der Waals surface area contributed by atoms with Gasteiger partial charge in [0.2, 0.25) is 11.8 Å². The van der Waals surface area contributed by atoms with Crippen LogP contribution >= 0.6 is 0 Å². The van der Waals surface area contributed by atoms with E-state index in [4.69, 9.17) is 0 Å². The molecule has 0 heterocycles. The van der Waals surface area contributed by atoms with Crippen LogP contribution in [-0.4, -0.2) is 16.7 Å². The molecule has 3 aromatic carbocycles. The van der Waals surface area contributed by atoms with Crippen molar-refractivity contribution in [3.8, 4) is 0 Å². The zero-order chi connectivity index (χ0) is 23.8. The van der Waals surface area contributed by atoms with Crippen LogP contribution in [0.3, 0.4) is 0 Å². The number of nitrogens with one attached hydrogen (secondary N) is 2. The maximum Gasteiger partial charge on any atom is 0.292 e. The highest BCUT2D eigenvalue weighted by atomic mass is 19.1. The van der Waals surface area contributed by atoms with E-state index in [1.165, 1.54) is 78.9 Å².